The van der Waals surface area contributed by atoms with Crippen molar-refractivity contribution >= 4 is 47.0 Å². The summed E-state index contributed by atoms with van der Waals surface area (Å²) in [5, 5.41) is 75.6. The number of hydrogen-bond donors (Lipinski definition) is 9. The molecule has 1 fully saturated rings. The number of ketones is 2. The maximum absolute atomic E-state index is 14.6. The Kier molecular flexibility index (Phi) is 11.0. The van der Waals surface area contributed by atoms with E-state index >= 15 is 0 Å². The molecule has 5 aliphatic rings. The van der Waals surface area contributed by atoms with E-state index in [1.807, 2.05) is 0 Å². The third-order valence-corrected chi connectivity index (χ3v) is 11.1. The monoisotopic (exact) mass is 826 g/mol. The van der Waals surface area contributed by atoms with Crippen molar-refractivity contribution in [2.24, 2.45) is 9.98 Å². The van der Waals surface area contributed by atoms with Gasteiger partial charge in [0.1, 0.15) is 43.5 Å². The molecule has 1 unspecified atom stereocenters. The van der Waals surface area contributed by atoms with E-state index in [0.717, 1.165) is 0 Å². The number of aliphatic hydroxyl groups excluding tert-OH is 5. The second-order valence-electron chi connectivity index (χ2n) is 14.8. The molecular weight excluding hydrogens is 786 g/mol. The molecular formula is C41H40N5O14+. The van der Waals surface area contributed by atoms with Crippen LogP contribution < -0.4 is 19.7 Å². The number of amides is 1. The zero-order chi connectivity index (χ0) is 42.5. The molecule has 4 aliphatic heterocycles. The van der Waals surface area contributed by atoms with Gasteiger partial charge in [0, 0.05) is 53.2 Å². The number of aldehydes is 1. The topological polar surface area (TPSA) is 292 Å². The molecule has 1 saturated heterocycles. The van der Waals surface area contributed by atoms with Gasteiger partial charge in [-0.15, -0.1) is 0 Å². The van der Waals surface area contributed by atoms with Gasteiger partial charge in [0.25, 0.3) is 11.7 Å². The van der Waals surface area contributed by atoms with E-state index in [4.69, 9.17) is 24.4 Å². The number of carbonyl (C=O) groups excluding carboxylic acids is 4. The minimum atomic E-state index is -2.51. The molecule has 0 spiro atoms. The van der Waals surface area contributed by atoms with E-state index in [1.54, 1.807) is 30.3 Å². The molecule has 0 aromatic heterocycles. The summed E-state index contributed by atoms with van der Waals surface area (Å²) in [6.07, 6.45) is -6.04. The maximum atomic E-state index is 14.6. The van der Waals surface area contributed by atoms with Gasteiger partial charge in [0.2, 0.25) is 18.0 Å². The van der Waals surface area contributed by atoms with Crippen LogP contribution in [0.15, 0.2) is 70.9 Å². The number of quaternary nitrogens is 1. The van der Waals surface area contributed by atoms with E-state index in [-0.39, 0.29) is 64.8 Å². The van der Waals surface area contributed by atoms with Gasteiger partial charge in [-0.2, -0.15) is 4.99 Å². The number of carbonyl (C=O) groups is 4. The summed E-state index contributed by atoms with van der Waals surface area (Å²) in [6.45, 7) is -2.16. The number of benzene rings is 3. The van der Waals surface area contributed by atoms with Crippen molar-refractivity contribution < 1.29 is 73.7 Å². The van der Waals surface area contributed by atoms with Crippen LogP contribution in [0, 0.1) is 5.41 Å². The molecule has 19 nitrogen and oxygen atoms in total. The Morgan fingerprint density at radius 3 is 2.62 bits per heavy atom. The molecule has 1 aliphatic carbocycles. The van der Waals surface area contributed by atoms with E-state index in [9.17, 15) is 49.8 Å². The van der Waals surface area contributed by atoms with E-state index < -0.39 is 97.6 Å². The number of rotatable bonds is 10. The van der Waals surface area contributed by atoms with Crippen molar-refractivity contribution in [3.05, 3.63) is 99.8 Å². The van der Waals surface area contributed by atoms with Crippen molar-refractivity contribution in [1.29, 1.82) is 5.41 Å². The lowest BCUT2D eigenvalue weighted by Crippen LogP contribution is -3.09. The molecule has 8 atom stereocenters. The number of fused-ring (bicyclic) bond motifs is 6. The molecule has 0 radical (unpaired) electrons. The number of amidine groups is 1. The first-order valence-corrected chi connectivity index (χ1v) is 19.0. The molecule has 312 valence electrons. The van der Waals surface area contributed by atoms with Crippen molar-refractivity contribution in [3.63, 3.8) is 0 Å². The number of ether oxygens (including phenoxy) is 4. The van der Waals surface area contributed by atoms with Gasteiger partial charge in [0.15, 0.2) is 35.3 Å². The van der Waals surface area contributed by atoms with Gasteiger partial charge in [-0.25, -0.2) is 9.89 Å². The highest BCUT2D eigenvalue weighted by Gasteiger charge is 2.57. The number of para-hydroxylation sites is 1. The fourth-order valence-corrected chi connectivity index (χ4v) is 8.06. The Bertz CT molecular complexity index is 2400. The Morgan fingerprint density at radius 2 is 1.85 bits per heavy atom. The van der Waals surface area contributed by atoms with Gasteiger partial charge in [-0.1, -0.05) is 24.3 Å². The second kappa shape index (κ2) is 16.2. The minimum Gasteiger partial charge on any atom is -0.499 e. The van der Waals surface area contributed by atoms with Crippen LogP contribution in [0.3, 0.4) is 0 Å². The van der Waals surface area contributed by atoms with Gasteiger partial charge in [0.05, 0.1) is 24.5 Å². The predicted octanol–water partition coefficient (Wildman–Crippen LogP) is -1.71. The third kappa shape index (κ3) is 6.89. The highest BCUT2D eigenvalue weighted by molar-refractivity contribution is 6.68. The summed E-state index contributed by atoms with van der Waals surface area (Å²) < 4.78 is 24.7. The predicted molar refractivity (Wildman–Crippen MR) is 205 cm³/mol. The summed E-state index contributed by atoms with van der Waals surface area (Å²) in [6, 6.07) is 12.6. The highest BCUT2D eigenvalue weighted by Crippen LogP contribution is 2.49. The van der Waals surface area contributed by atoms with Crippen LogP contribution in [-0.2, 0) is 25.7 Å². The van der Waals surface area contributed by atoms with Gasteiger partial charge in [-0.05, 0) is 35.9 Å². The number of nitrogens with one attached hydrogen (secondary N) is 3. The van der Waals surface area contributed by atoms with Crippen molar-refractivity contribution in [2.75, 3.05) is 26.5 Å². The molecule has 3 aromatic rings. The lowest BCUT2D eigenvalue weighted by molar-refractivity contribution is -0.723. The SMILES string of the molecule is N=C1N=C2C(=NC[NH+]2c2ccccc2[C@@H]2/C=C/OC[C@@H]3O[C@H](Oc4c2cc2c(c4OC[C@H](O)CC=O)C(=O)c4cc(CO)ccc4C2=O)[C@](O)(CCO)[C@H](O)[C@H]3O)C(=O)N1. The van der Waals surface area contributed by atoms with E-state index in [1.165, 1.54) is 30.5 Å². The first-order chi connectivity index (χ1) is 28.9. The highest BCUT2D eigenvalue weighted by atomic mass is 16.7. The molecule has 9 N–H and O–H groups in total. The number of hydrogen-bond acceptors (Lipinski definition) is 16. The third-order valence-electron chi connectivity index (χ3n) is 11.1. The van der Waals surface area contributed by atoms with Gasteiger partial charge >= 0.3 is 0 Å². The van der Waals surface area contributed by atoms with Crippen LogP contribution in [-0.4, -0.2) is 135 Å². The maximum Gasteiger partial charge on any atom is 0.284 e. The Labute approximate surface area is 340 Å². The standard InChI is InChI=1S/C41H39N5O14/c42-40-44-37-30(38(55)45-40)43-18-46(37)27-4-2-1-3-22(27)21-8-12-57-17-28-33(53)36(54)41(56,9-11-48)39(59-28)60-34-25(21)14-26-29(35(34)58-16-20(50)7-10-47)32(52)24-13-19(15-49)5-6-23(24)31(26)51/h1-6,8,10,12-14,20-21,28,33,36,39,48-50,53-54,56H,7,9,11,15-18H2,(H2,42,45,55)/p+1/b12-8+/t20-,21+,28+,33+,36-,39-,41+/m1/s1. The number of allylic oxidation sites excluding steroid dienone is 1. The zero-order valence-electron chi connectivity index (χ0n) is 31.6. The zero-order valence-corrected chi connectivity index (χ0v) is 31.6. The first kappa shape index (κ1) is 40.7. The molecule has 1 amide bonds. The normalized spacial score (nSPS) is 27.9. The summed E-state index contributed by atoms with van der Waals surface area (Å²) in [7, 11) is 0. The Hall–Kier alpha value is -6.03. The van der Waals surface area contributed by atoms with Crippen molar-refractivity contribution in [3.8, 4) is 11.5 Å². The largest absolute Gasteiger partial charge is 0.499 e. The smallest absolute Gasteiger partial charge is 0.284 e. The number of guanidine groups is 1. The fourth-order valence-electron chi connectivity index (χ4n) is 8.06. The number of aliphatic hydroxyl groups is 6. The van der Waals surface area contributed by atoms with E-state index in [0.29, 0.717) is 28.0 Å². The summed E-state index contributed by atoms with van der Waals surface area (Å²) >= 11 is 0. The van der Waals surface area contributed by atoms with Crippen molar-refractivity contribution in [1.82, 2.24) is 5.32 Å². The van der Waals surface area contributed by atoms with Crippen LogP contribution in [0.25, 0.3) is 0 Å². The molecule has 2 bridgehead atoms. The molecule has 60 heavy (non-hydrogen) atoms. The van der Waals surface area contributed by atoms with Crippen molar-refractivity contribution in [2.45, 2.75) is 61.7 Å². The minimum absolute atomic E-state index is 0.00347. The average molecular weight is 827 g/mol. The Morgan fingerprint density at radius 1 is 1.05 bits per heavy atom. The van der Waals surface area contributed by atoms with Gasteiger partial charge in [-0.3, -0.25) is 25.1 Å². The van der Waals surface area contributed by atoms with E-state index in [2.05, 4.69) is 15.3 Å². The van der Waals surface area contributed by atoms with Crippen LogP contribution in [0.4, 0.5) is 5.69 Å². The lowest BCUT2D eigenvalue weighted by atomic mass is 9.79. The molecule has 8 rings (SSSR count). The Balaban J connectivity index is 1.41. The lowest BCUT2D eigenvalue weighted by Gasteiger charge is -2.47. The molecule has 0 saturated carbocycles. The van der Waals surface area contributed by atoms with Crippen LogP contribution in [0.5, 0.6) is 11.5 Å². The quantitative estimate of drug-likeness (QED) is 0.0806. The summed E-state index contributed by atoms with van der Waals surface area (Å²) in [5.74, 6) is -4.00. The number of aliphatic imine (C=N–C) groups is 2. The molecule has 19 heteroatoms. The van der Waals surface area contributed by atoms with Crippen LogP contribution >= 0.6 is 0 Å². The van der Waals surface area contributed by atoms with Crippen LogP contribution in [0.1, 0.15) is 67.3 Å². The fraction of sp³-hybridized carbons (Fsp3) is 0.341. The average Bonchev–Trinajstić information content (AvgIpc) is 3.65. The summed E-state index contributed by atoms with van der Waals surface area (Å²) in [5.41, 5.74) is -1.67. The first-order valence-electron chi connectivity index (χ1n) is 19.0. The number of nitrogens with zero attached hydrogens (tertiary/aromatic N) is 2. The second-order valence-corrected chi connectivity index (χ2v) is 14.8. The van der Waals surface area contributed by atoms with Crippen LogP contribution in [0.2, 0.25) is 0 Å². The molecule has 3 aromatic carbocycles. The molecule has 4 heterocycles. The van der Waals surface area contributed by atoms with Gasteiger partial charge < -0.3 is 54.4 Å². The summed E-state index contributed by atoms with van der Waals surface area (Å²) in [4.78, 5) is 62.6.